The third kappa shape index (κ3) is 5.19. The van der Waals surface area contributed by atoms with Crippen molar-refractivity contribution in [2.75, 3.05) is 33.5 Å². The molecule has 1 aliphatic rings. The molecule has 30 heavy (non-hydrogen) atoms. The molecular formula is C20H24FNO8. The number of benzene rings is 1. The van der Waals surface area contributed by atoms with Gasteiger partial charge in [-0.1, -0.05) is 12.1 Å². The molecule has 1 saturated heterocycles. The number of hydrogen-bond donors (Lipinski definition) is 2. The molecule has 0 spiro atoms. The van der Waals surface area contributed by atoms with Gasteiger partial charge in [-0.25, -0.2) is 4.39 Å². The normalized spacial score (nSPS) is 21.5. The maximum Gasteiger partial charge on any atom is 0.319 e. The molecule has 2 atom stereocenters. The zero-order chi connectivity index (χ0) is 22.3. The van der Waals surface area contributed by atoms with Crippen LogP contribution in [0.3, 0.4) is 0 Å². The monoisotopic (exact) mass is 425 g/mol. The molecule has 0 saturated carbocycles. The van der Waals surface area contributed by atoms with Gasteiger partial charge in [-0.2, -0.15) is 0 Å². The number of rotatable bonds is 9. The van der Waals surface area contributed by atoms with E-state index in [1.165, 1.54) is 12.1 Å². The van der Waals surface area contributed by atoms with Crippen molar-refractivity contribution in [3.63, 3.8) is 0 Å². The van der Waals surface area contributed by atoms with Crippen LogP contribution in [0.25, 0.3) is 0 Å². The van der Waals surface area contributed by atoms with E-state index in [0.717, 1.165) is 19.2 Å². The van der Waals surface area contributed by atoms with Crippen molar-refractivity contribution >= 4 is 23.8 Å². The minimum absolute atomic E-state index is 0.148. The van der Waals surface area contributed by atoms with Crippen LogP contribution in [0.15, 0.2) is 24.3 Å². The standard InChI is InChI=1S/C20H24FNO8/c1-22-17(25)15(19(27)29-10-2-8-23)14(12-4-6-13(21)7-5-12)16(18(22)26)20(28)30-11-3-9-24/h4-7,14-16,23-24H,2-3,8-11H2,1H3. The molecule has 1 heterocycles. The van der Waals surface area contributed by atoms with E-state index in [4.69, 9.17) is 19.7 Å². The molecule has 2 amide bonds. The van der Waals surface area contributed by atoms with Crippen LogP contribution >= 0.6 is 0 Å². The number of carbonyl (C=O) groups excluding carboxylic acids is 4. The fourth-order valence-corrected chi connectivity index (χ4v) is 3.24. The lowest BCUT2D eigenvalue weighted by atomic mass is 9.72. The number of amides is 2. The van der Waals surface area contributed by atoms with Crippen LogP contribution in [0.2, 0.25) is 0 Å². The van der Waals surface area contributed by atoms with Gasteiger partial charge in [0.15, 0.2) is 0 Å². The number of aliphatic hydroxyl groups is 2. The van der Waals surface area contributed by atoms with Gasteiger partial charge in [0, 0.05) is 39.0 Å². The Labute approximate surface area is 172 Å². The molecule has 2 rings (SSSR count). The molecule has 1 aromatic carbocycles. The Kier molecular flexibility index (Phi) is 8.43. The highest BCUT2D eigenvalue weighted by molar-refractivity contribution is 6.14. The van der Waals surface area contributed by atoms with Crippen molar-refractivity contribution in [1.82, 2.24) is 4.90 Å². The SMILES string of the molecule is CN1C(=O)C(C(=O)OCCCO)C(c2ccc(F)cc2)C(C(=O)OCCCO)C1=O. The van der Waals surface area contributed by atoms with E-state index in [-0.39, 0.29) is 44.8 Å². The number of nitrogens with zero attached hydrogens (tertiary/aromatic N) is 1. The fourth-order valence-electron chi connectivity index (χ4n) is 3.24. The van der Waals surface area contributed by atoms with Crippen molar-refractivity contribution in [3.05, 3.63) is 35.6 Å². The van der Waals surface area contributed by atoms with Crippen molar-refractivity contribution in [2.45, 2.75) is 18.8 Å². The number of imide groups is 1. The van der Waals surface area contributed by atoms with Crippen molar-refractivity contribution in [1.29, 1.82) is 0 Å². The molecular weight excluding hydrogens is 401 g/mol. The van der Waals surface area contributed by atoms with Gasteiger partial charge in [0.05, 0.1) is 13.2 Å². The zero-order valence-electron chi connectivity index (χ0n) is 16.5. The maximum absolute atomic E-state index is 13.4. The van der Waals surface area contributed by atoms with Crippen molar-refractivity contribution in [2.24, 2.45) is 11.8 Å². The smallest absolute Gasteiger partial charge is 0.319 e. The first-order valence-corrected chi connectivity index (χ1v) is 9.45. The number of ether oxygens (including phenoxy) is 2. The second-order valence-electron chi connectivity index (χ2n) is 6.76. The van der Waals surface area contributed by atoms with Crippen LogP contribution in [0, 0.1) is 17.7 Å². The summed E-state index contributed by atoms with van der Waals surface area (Å²) in [7, 11) is 1.15. The van der Waals surface area contributed by atoms with Gasteiger partial charge in [0.2, 0.25) is 11.8 Å². The van der Waals surface area contributed by atoms with E-state index in [0.29, 0.717) is 4.90 Å². The molecule has 10 heteroatoms. The number of piperidine rings is 1. The molecule has 2 N–H and O–H groups in total. The Morgan fingerprint density at radius 3 is 1.77 bits per heavy atom. The Morgan fingerprint density at radius 1 is 0.933 bits per heavy atom. The topological polar surface area (TPSA) is 130 Å². The molecule has 164 valence electrons. The Morgan fingerprint density at radius 2 is 1.37 bits per heavy atom. The Bertz CT molecular complexity index is 740. The Hall–Kier alpha value is -2.85. The number of likely N-dealkylation sites (tertiary alicyclic amines) is 1. The quantitative estimate of drug-likeness (QED) is 0.245. The zero-order valence-corrected chi connectivity index (χ0v) is 16.5. The van der Waals surface area contributed by atoms with Crippen LogP contribution in [0.4, 0.5) is 4.39 Å². The van der Waals surface area contributed by atoms with Crippen LogP contribution in [-0.2, 0) is 28.7 Å². The lowest BCUT2D eigenvalue weighted by molar-refractivity contribution is -0.171. The highest BCUT2D eigenvalue weighted by Crippen LogP contribution is 2.40. The van der Waals surface area contributed by atoms with E-state index in [2.05, 4.69) is 0 Å². The van der Waals surface area contributed by atoms with E-state index in [9.17, 15) is 23.6 Å². The van der Waals surface area contributed by atoms with E-state index in [1.54, 1.807) is 0 Å². The van der Waals surface area contributed by atoms with Crippen molar-refractivity contribution < 1.29 is 43.3 Å². The summed E-state index contributed by atoms with van der Waals surface area (Å²) in [6, 6.07) is 4.75. The van der Waals surface area contributed by atoms with Gasteiger partial charge in [0.25, 0.3) is 0 Å². The minimum atomic E-state index is -1.53. The second-order valence-corrected chi connectivity index (χ2v) is 6.76. The first kappa shape index (κ1) is 23.4. The fraction of sp³-hybridized carbons (Fsp3) is 0.500. The summed E-state index contributed by atoms with van der Waals surface area (Å²) < 4.78 is 23.5. The van der Waals surface area contributed by atoms with E-state index >= 15 is 0 Å². The predicted molar refractivity (Wildman–Crippen MR) is 99.2 cm³/mol. The van der Waals surface area contributed by atoms with Crippen LogP contribution in [-0.4, -0.2) is 72.3 Å². The minimum Gasteiger partial charge on any atom is -0.465 e. The lowest BCUT2D eigenvalue weighted by Crippen LogP contribution is -2.56. The summed E-state index contributed by atoms with van der Waals surface area (Å²) in [6.45, 7) is -0.770. The largest absolute Gasteiger partial charge is 0.465 e. The lowest BCUT2D eigenvalue weighted by Gasteiger charge is -2.38. The molecule has 2 unspecified atom stereocenters. The van der Waals surface area contributed by atoms with Gasteiger partial charge in [-0.05, 0) is 17.7 Å². The highest BCUT2D eigenvalue weighted by atomic mass is 19.1. The summed E-state index contributed by atoms with van der Waals surface area (Å²) in [5, 5.41) is 17.7. The summed E-state index contributed by atoms with van der Waals surface area (Å²) in [4.78, 5) is 51.6. The molecule has 0 aliphatic carbocycles. The molecule has 0 radical (unpaired) electrons. The molecule has 0 aromatic heterocycles. The van der Waals surface area contributed by atoms with Gasteiger partial charge in [0.1, 0.15) is 17.7 Å². The third-order valence-electron chi connectivity index (χ3n) is 4.77. The van der Waals surface area contributed by atoms with Gasteiger partial charge >= 0.3 is 11.9 Å². The first-order valence-electron chi connectivity index (χ1n) is 9.45. The molecule has 1 fully saturated rings. The van der Waals surface area contributed by atoms with Gasteiger partial charge in [-0.15, -0.1) is 0 Å². The van der Waals surface area contributed by atoms with Crippen LogP contribution in [0.5, 0.6) is 0 Å². The summed E-state index contributed by atoms with van der Waals surface area (Å²) >= 11 is 0. The molecule has 0 bridgehead atoms. The number of hydrogen-bond acceptors (Lipinski definition) is 8. The number of esters is 2. The number of aliphatic hydroxyl groups excluding tert-OH is 2. The highest BCUT2D eigenvalue weighted by Gasteiger charge is 2.55. The molecule has 1 aliphatic heterocycles. The third-order valence-corrected chi connectivity index (χ3v) is 4.77. The van der Waals surface area contributed by atoms with Crippen LogP contribution < -0.4 is 0 Å². The van der Waals surface area contributed by atoms with Gasteiger partial charge < -0.3 is 19.7 Å². The van der Waals surface area contributed by atoms with Crippen molar-refractivity contribution in [3.8, 4) is 0 Å². The predicted octanol–water partition coefficient (Wildman–Crippen LogP) is -0.00850. The Balaban J connectivity index is 2.46. The average Bonchev–Trinajstić information content (AvgIpc) is 2.72. The average molecular weight is 425 g/mol. The maximum atomic E-state index is 13.4. The molecule has 9 nitrogen and oxygen atoms in total. The van der Waals surface area contributed by atoms with Crippen LogP contribution in [0.1, 0.15) is 24.3 Å². The number of halogens is 1. The molecule has 1 aromatic rings. The number of carbonyl (C=O) groups is 4. The summed E-state index contributed by atoms with van der Waals surface area (Å²) in [5.74, 6) is -8.55. The summed E-state index contributed by atoms with van der Waals surface area (Å²) in [5.41, 5.74) is 0.222. The van der Waals surface area contributed by atoms with Gasteiger partial charge in [-0.3, -0.25) is 24.1 Å². The van der Waals surface area contributed by atoms with E-state index in [1.807, 2.05) is 0 Å². The summed E-state index contributed by atoms with van der Waals surface area (Å²) in [6.07, 6.45) is 0.296. The van der Waals surface area contributed by atoms with E-state index < -0.39 is 47.3 Å². The second kappa shape index (κ2) is 10.8. The first-order chi connectivity index (χ1) is 14.3.